The molecule has 0 aromatic carbocycles. The first kappa shape index (κ1) is 14.5. The van der Waals surface area contributed by atoms with Gasteiger partial charge < -0.3 is 5.32 Å². The van der Waals surface area contributed by atoms with Gasteiger partial charge in [0, 0.05) is 30.7 Å². The maximum Gasteiger partial charge on any atom is 0.0309 e. The summed E-state index contributed by atoms with van der Waals surface area (Å²) in [5.74, 6) is 1.03. The summed E-state index contributed by atoms with van der Waals surface area (Å²) in [7, 11) is 0. The van der Waals surface area contributed by atoms with Gasteiger partial charge in [0.25, 0.3) is 0 Å². The monoisotopic (exact) mass is 290 g/mol. The number of rotatable bonds is 2. The first-order chi connectivity index (χ1) is 10.4. The highest BCUT2D eigenvalue weighted by atomic mass is 15.3. The first-order valence-corrected chi connectivity index (χ1v) is 9.87. The fourth-order valence-corrected chi connectivity index (χ4v) is 5.43. The van der Waals surface area contributed by atoms with E-state index in [9.17, 15) is 0 Å². The topological polar surface area (TPSA) is 15.3 Å². The van der Waals surface area contributed by atoms with E-state index >= 15 is 0 Å². The van der Waals surface area contributed by atoms with Gasteiger partial charge in [-0.15, -0.1) is 0 Å². The van der Waals surface area contributed by atoms with Crippen LogP contribution in [0.5, 0.6) is 0 Å². The zero-order valence-electron chi connectivity index (χ0n) is 13.8. The molecule has 4 aliphatic rings. The fraction of sp³-hybridized carbons (Fsp3) is 1.00. The third-order valence-electron chi connectivity index (χ3n) is 6.87. The van der Waals surface area contributed by atoms with Crippen molar-refractivity contribution >= 4 is 0 Å². The lowest BCUT2D eigenvalue weighted by atomic mass is 9.78. The van der Waals surface area contributed by atoms with Crippen LogP contribution < -0.4 is 5.32 Å². The second-order valence-corrected chi connectivity index (χ2v) is 8.44. The molecular formula is C19H34N2. The van der Waals surface area contributed by atoms with E-state index in [2.05, 4.69) is 10.2 Å². The molecule has 1 spiro atoms. The molecule has 1 heterocycles. The Hall–Kier alpha value is -0.0800. The molecule has 4 fully saturated rings. The standard InChI is InChI=1S/C19H34N2/c1-2-5-9-17(8-4-1)21-15-19(12-6-3-7-13-19)20-14-18(21)16-10-11-16/h16-18,20H,1-15H2. The molecule has 2 heteroatoms. The Balaban J connectivity index is 1.50. The van der Waals surface area contributed by atoms with Gasteiger partial charge in [0.1, 0.15) is 0 Å². The minimum Gasteiger partial charge on any atom is -0.308 e. The van der Waals surface area contributed by atoms with Crippen LogP contribution in [0.4, 0.5) is 0 Å². The number of nitrogens with zero attached hydrogens (tertiary/aromatic N) is 1. The molecule has 0 aromatic heterocycles. The van der Waals surface area contributed by atoms with Gasteiger partial charge in [0.05, 0.1) is 0 Å². The predicted octanol–water partition coefficient (Wildman–Crippen LogP) is 4.10. The SMILES string of the molecule is C1CCCC(N2CC3(CCCCC3)NCC2C2CC2)CC1. The van der Waals surface area contributed by atoms with Crippen LogP contribution in [0, 0.1) is 5.92 Å². The van der Waals surface area contributed by atoms with Crippen LogP contribution in [-0.2, 0) is 0 Å². The maximum absolute atomic E-state index is 4.05. The molecule has 3 saturated carbocycles. The average molecular weight is 290 g/mol. The minimum absolute atomic E-state index is 0.496. The van der Waals surface area contributed by atoms with E-state index in [1.165, 1.54) is 96.6 Å². The molecule has 120 valence electrons. The second kappa shape index (κ2) is 6.20. The number of piperazine rings is 1. The van der Waals surface area contributed by atoms with Crippen molar-refractivity contribution in [2.24, 2.45) is 5.92 Å². The molecule has 0 aromatic rings. The Morgan fingerprint density at radius 2 is 1.43 bits per heavy atom. The van der Waals surface area contributed by atoms with Crippen LogP contribution in [0.15, 0.2) is 0 Å². The Bertz CT molecular complexity index is 335. The van der Waals surface area contributed by atoms with Crippen LogP contribution in [0.25, 0.3) is 0 Å². The largest absolute Gasteiger partial charge is 0.308 e. The molecule has 0 bridgehead atoms. The number of hydrogen-bond donors (Lipinski definition) is 1. The highest BCUT2D eigenvalue weighted by Gasteiger charge is 2.46. The highest BCUT2D eigenvalue weighted by Crippen LogP contribution is 2.42. The fourth-order valence-electron chi connectivity index (χ4n) is 5.43. The summed E-state index contributed by atoms with van der Waals surface area (Å²) < 4.78 is 0. The lowest BCUT2D eigenvalue weighted by molar-refractivity contribution is 0.0106. The third-order valence-corrected chi connectivity index (χ3v) is 6.87. The summed E-state index contributed by atoms with van der Waals surface area (Å²) >= 11 is 0. The maximum atomic E-state index is 4.05. The summed E-state index contributed by atoms with van der Waals surface area (Å²) in [6.45, 7) is 2.67. The Morgan fingerprint density at radius 3 is 2.10 bits per heavy atom. The van der Waals surface area contributed by atoms with Gasteiger partial charge in [-0.25, -0.2) is 0 Å². The van der Waals surface area contributed by atoms with Gasteiger partial charge in [-0.3, -0.25) is 4.90 Å². The Morgan fingerprint density at radius 1 is 0.762 bits per heavy atom. The molecular weight excluding hydrogens is 256 g/mol. The molecule has 3 aliphatic carbocycles. The van der Waals surface area contributed by atoms with Gasteiger partial charge >= 0.3 is 0 Å². The molecule has 0 radical (unpaired) electrons. The van der Waals surface area contributed by atoms with Crippen molar-refractivity contribution < 1.29 is 0 Å². The van der Waals surface area contributed by atoms with Gasteiger partial charge in [0.2, 0.25) is 0 Å². The van der Waals surface area contributed by atoms with Gasteiger partial charge in [-0.1, -0.05) is 44.9 Å². The second-order valence-electron chi connectivity index (χ2n) is 8.44. The zero-order valence-corrected chi connectivity index (χ0v) is 13.8. The van der Waals surface area contributed by atoms with Crippen molar-refractivity contribution in [1.82, 2.24) is 10.2 Å². The highest BCUT2D eigenvalue weighted by molar-refractivity contribution is 5.04. The van der Waals surface area contributed by atoms with Crippen LogP contribution >= 0.6 is 0 Å². The number of nitrogens with one attached hydrogen (secondary N) is 1. The van der Waals surface area contributed by atoms with E-state index in [4.69, 9.17) is 0 Å². The lowest BCUT2D eigenvalue weighted by Crippen LogP contribution is -2.67. The normalized spacial score (nSPS) is 35.7. The average Bonchev–Trinajstić information content (AvgIpc) is 3.35. The molecule has 2 nitrogen and oxygen atoms in total. The van der Waals surface area contributed by atoms with Gasteiger partial charge in [0.15, 0.2) is 0 Å². The van der Waals surface area contributed by atoms with Crippen molar-refractivity contribution in [3.05, 3.63) is 0 Å². The third kappa shape index (κ3) is 3.17. The zero-order chi connectivity index (χ0) is 14.1. The van der Waals surface area contributed by atoms with Crippen LogP contribution in [0.1, 0.15) is 83.5 Å². The quantitative estimate of drug-likeness (QED) is 0.770. The van der Waals surface area contributed by atoms with Crippen molar-refractivity contribution in [1.29, 1.82) is 0 Å². The predicted molar refractivity (Wildman–Crippen MR) is 88.5 cm³/mol. The van der Waals surface area contributed by atoms with Gasteiger partial charge in [-0.2, -0.15) is 0 Å². The molecule has 1 unspecified atom stereocenters. The van der Waals surface area contributed by atoms with Crippen molar-refractivity contribution in [3.63, 3.8) is 0 Å². The minimum atomic E-state index is 0.496. The van der Waals surface area contributed by atoms with Crippen LogP contribution in [0.3, 0.4) is 0 Å². The summed E-state index contributed by atoms with van der Waals surface area (Å²) in [5.41, 5.74) is 0.496. The van der Waals surface area contributed by atoms with E-state index in [1.807, 2.05) is 0 Å². The van der Waals surface area contributed by atoms with Crippen molar-refractivity contribution in [2.45, 2.75) is 101 Å². The molecule has 1 saturated heterocycles. The van der Waals surface area contributed by atoms with E-state index in [1.54, 1.807) is 0 Å². The molecule has 1 aliphatic heterocycles. The molecule has 1 atom stereocenters. The smallest absolute Gasteiger partial charge is 0.0309 e. The van der Waals surface area contributed by atoms with E-state index in [0.29, 0.717) is 5.54 Å². The Kier molecular flexibility index (Phi) is 4.28. The molecule has 21 heavy (non-hydrogen) atoms. The summed E-state index contributed by atoms with van der Waals surface area (Å²) in [6.07, 6.45) is 19.2. The summed E-state index contributed by atoms with van der Waals surface area (Å²) in [5, 5.41) is 4.05. The van der Waals surface area contributed by atoms with E-state index in [0.717, 1.165) is 18.0 Å². The van der Waals surface area contributed by atoms with Crippen molar-refractivity contribution in [2.75, 3.05) is 13.1 Å². The summed E-state index contributed by atoms with van der Waals surface area (Å²) in [4.78, 5) is 3.03. The van der Waals surface area contributed by atoms with E-state index in [-0.39, 0.29) is 0 Å². The van der Waals surface area contributed by atoms with Crippen molar-refractivity contribution in [3.8, 4) is 0 Å². The lowest BCUT2D eigenvalue weighted by Gasteiger charge is -2.52. The van der Waals surface area contributed by atoms with Gasteiger partial charge in [-0.05, 0) is 44.4 Å². The summed E-state index contributed by atoms with van der Waals surface area (Å²) in [6, 6.07) is 1.79. The molecule has 1 N–H and O–H groups in total. The first-order valence-electron chi connectivity index (χ1n) is 9.87. The molecule has 4 rings (SSSR count). The molecule has 0 amide bonds. The van der Waals surface area contributed by atoms with Crippen LogP contribution in [-0.4, -0.2) is 35.6 Å². The Labute approximate surface area is 131 Å². The van der Waals surface area contributed by atoms with E-state index < -0.39 is 0 Å². The number of hydrogen-bond acceptors (Lipinski definition) is 2. The van der Waals surface area contributed by atoms with Crippen LogP contribution in [0.2, 0.25) is 0 Å².